The number of hydrogen-bond donors (Lipinski definition) is 1. The van der Waals surface area contributed by atoms with E-state index in [9.17, 15) is 9.59 Å². The van der Waals surface area contributed by atoms with Crippen LogP contribution in [0.4, 0.5) is 0 Å². The number of nitrogens with zero attached hydrogens (tertiary/aromatic N) is 2. The summed E-state index contributed by atoms with van der Waals surface area (Å²) in [6, 6.07) is 8.10. The van der Waals surface area contributed by atoms with Gasteiger partial charge in [0.05, 0.1) is 18.5 Å². The van der Waals surface area contributed by atoms with Crippen molar-refractivity contribution in [2.24, 2.45) is 5.73 Å². The molecule has 146 valence electrons. The van der Waals surface area contributed by atoms with Crippen molar-refractivity contribution in [2.75, 3.05) is 26.2 Å². The predicted molar refractivity (Wildman–Crippen MR) is 107 cm³/mol. The summed E-state index contributed by atoms with van der Waals surface area (Å²) in [6.45, 7) is 6.62. The number of fused-ring (bicyclic) bond motifs is 5. The van der Waals surface area contributed by atoms with Crippen LogP contribution >= 0.6 is 0 Å². The van der Waals surface area contributed by atoms with E-state index in [-0.39, 0.29) is 18.2 Å². The molecule has 0 aromatic heterocycles. The van der Waals surface area contributed by atoms with Gasteiger partial charge in [-0.1, -0.05) is 30.3 Å². The van der Waals surface area contributed by atoms with Crippen molar-refractivity contribution in [3.8, 4) is 0 Å². The van der Waals surface area contributed by atoms with Crippen molar-refractivity contribution in [3.05, 3.63) is 47.2 Å². The van der Waals surface area contributed by atoms with Crippen molar-refractivity contribution in [3.63, 3.8) is 0 Å². The highest BCUT2D eigenvalue weighted by Crippen LogP contribution is 2.36. The van der Waals surface area contributed by atoms with Crippen LogP contribution in [0.15, 0.2) is 36.0 Å². The molecule has 2 heterocycles. The number of carbonyl (C=O) groups is 2. The molecular weight excluding hydrogens is 338 g/mol. The summed E-state index contributed by atoms with van der Waals surface area (Å²) in [5, 5.41) is 0. The maximum atomic E-state index is 13.2. The highest BCUT2D eigenvalue weighted by molar-refractivity contribution is 5.95. The molecule has 0 saturated heterocycles. The summed E-state index contributed by atoms with van der Waals surface area (Å²) in [5.41, 5.74) is 8.37. The van der Waals surface area contributed by atoms with Crippen molar-refractivity contribution in [1.29, 1.82) is 0 Å². The third-order valence-corrected chi connectivity index (χ3v) is 6.07. The van der Waals surface area contributed by atoms with Crippen LogP contribution in [-0.2, 0) is 21.5 Å². The number of amides is 1. The lowest BCUT2D eigenvalue weighted by molar-refractivity contribution is -0.137. The Morgan fingerprint density at radius 3 is 2.67 bits per heavy atom. The summed E-state index contributed by atoms with van der Waals surface area (Å²) in [4.78, 5) is 30.2. The SMILES string of the molecule is CC1=CCCC2(C)C(=O)CN(Cc3ccccc32)C(=O)CN1CCCCN. The summed E-state index contributed by atoms with van der Waals surface area (Å²) in [5.74, 6) is 0.160. The topological polar surface area (TPSA) is 66.6 Å². The Bertz CT molecular complexity index is 743. The van der Waals surface area contributed by atoms with Crippen LogP contribution in [0.2, 0.25) is 0 Å². The fourth-order valence-corrected chi connectivity index (χ4v) is 4.20. The minimum absolute atomic E-state index is 0.0183. The first-order chi connectivity index (χ1) is 13.0. The van der Waals surface area contributed by atoms with E-state index in [1.165, 1.54) is 0 Å². The first-order valence-corrected chi connectivity index (χ1v) is 9.97. The van der Waals surface area contributed by atoms with Gasteiger partial charge in [0.25, 0.3) is 0 Å². The molecule has 2 N–H and O–H groups in total. The van der Waals surface area contributed by atoms with E-state index in [4.69, 9.17) is 5.73 Å². The highest BCUT2D eigenvalue weighted by atomic mass is 16.2. The smallest absolute Gasteiger partial charge is 0.242 e. The van der Waals surface area contributed by atoms with Crippen LogP contribution in [0.3, 0.4) is 0 Å². The molecule has 1 atom stereocenters. The third kappa shape index (κ3) is 4.08. The van der Waals surface area contributed by atoms with Gasteiger partial charge >= 0.3 is 0 Å². The molecule has 0 spiro atoms. The number of rotatable bonds is 4. The maximum absolute atomic E-state index is 13.2. The molecule has 1 amide bonds. The van der Waals surface area contributed by atoms with E-state index >= 15 is 0 Å². The van der Waals surface area contributed by atoms with Crippen LogP contribution in [0.5, 0.6) is 0 Å². The standard InChI is InChI=1S/C22H31N3O2/c1-17-8-7-11-22(2)19-10-4-3-9-18(19)14-25(15-20(22)26)21(27)16-24(17)13-6-5-12-23/h3-4,8-10H,5-7,11-16,23H2,1-2H3. The number of ketones is 1. The molecule has 1 aromatic rings. The Morgan fingerprint density at radius 1 is 1.11 bits per heavy atom. The average molecular weight is 370 g/mol. The van der Waals surface area contributed by atoms with E-state index in [0.29, 0.717) is 19.6 Å². The monoisotopic (exact) mass is 369 g/mol. The van der Waals surface area contributed by atoms with Crippen molar-refractivity contribution >= 4 is 11.7 Å². The van der Waals surface area contributed by atoms with Gasteiger partial charge in [0.2, 0.25) is 5.91 Å². The first kappa shape index (κ1) is 19.6. The zero-order valence-electron chi connectivity index (χ0n) is 16.5. The second-order valence-corrected chi connectivity index (χ2v) is 7.96. The molecule has 5 nitrogen and oxygen atoms in total. The summed E-state index contributed by atoms with van der Waals surface area (Å²) in [7, 11) is 0. The second-order valence-electron chi connectivity index (χ2n) is 7.96. The molecular formula is C22H31N3O2. The molecule has 0 aliphatic carbocycles. The molecule has 3 rings (SSSR count). The van der Waals surface area contributed by atoms with Gasteiger partial charge < -0.3 is 15.5 Å². The lowest BCUT2D eigenvalue weighted by Gasteiger charge is -2.29. The molecule has 27 heavy (non-hydrogen) atoms. The van der Waals surface area contributed by atoms with Crippen molar-refractivity contribution < 1.29 is 9.59 Å². The normalized spacial score (nSPS) is 23.6. The zero-order chi connectivity index (χ0) is 19.4. The molecule has 0 fully saturated rings. The van der Waals surface area contributed by atoms with Crippen molar-refractivity contribution in [1.82, 2.24) is 9.80 Å². The molecule has 1 unspecified atom stereocenters. The quantitative estimate of drug-likeness (QED) is 0.829. The lowest BCUT2D eigenvalue weighted by atomic mass is 9.73. The fourth-order valence-electron chi connectivity index (χ4n) is 4.20. The predicted octanol–water partition coefficient (Wildman–Crippen LogP) is 2.59. The van der Waals surface area contributed by atoms with Gasteiger partial charge in [-0.25, -0.2) is 0 Å². The number of hydrogen-bond acceptors (Lipinski definition) is 4. The molecule has 2 aliphatic rings. The van der Waals surface area contributed by atoms with E-state index < -0.39 is 5.41 Å². The Hall–Kier alpha value is -2.14. The van der Waals surface area contributed by atoms with Gasteiger partial charge in [-0.3, -0.25) is 9.59 Å². The van der Waals surface area contributed by atoms with Crippen LogP contribution < -0.4 is 5.73 Å². The van der Waals surface area contributed by atoms with Gasteiger partial charge in [0.15, 0.2) is 5.78 Å². The fraction of sp³-hybridized carbons (Fsp3) is 0.545. The number of allylic oxidation sites excluding steroid dienone is 2. The average Bonchev–Trinajstić information content (AvgIpc) is 2.76. The van der Waals surface area contributed by atoms with Crippen molar-refractivity contribution in [2.45, 2.75) is 51.5 Å². The number of benzene rings is 1. The third-order valence-electron chi connectivity index (χ3n) is 6.07. The van der Waals surface area contributed by atoms with Gasteiger partial charge in [0, 0.05) is 18.8 Å². The zero-order valence-corrected chi connectivity index (χ0v) is 16.5. The number of unbranched alkanes of at least 4 members (excludes halogenated alkanes) is 1. The minimum Gasteiger partial charge on any atom is -0.366 e. The van der Waals surface area contributed by atoms with Gasteiger partial charge in [-0.15, -0.1) is 0 Å². The molecule has 0 saturated carbocycles. The molecule has 0 radical (unpaired) electrons. The molecule has 5 heteroatoms. The Labute approximate surface area is 162 Å². The van der Waals surface area contributed by atoms with Crippen LogP contribution in [0, 0.1) is 0 Å². The molecule has 2 aliphatic heterocycles. The van der Waals surface area contributed by atoms with E-state index in [2.05, 4.69) is 30.0 Å². The van der Waals surface area contributed by atoms with E-state index in [0.717, 1.165) is 49.1 Å². The molecule has 2 bridgehead atoms. The number of carbonyl (C=O) groups excluding carboxylic acids is 2. The molecule has 1 aromatic carbocycles. The van der Waals surface area contributed by atoms with E-state index in [1.54, 1.807) is 4.90 Å². The summed E-state index contributed by atoms with van der Waals surface area (Å²) in [6.07, 6.45) is 5.68. The van der Waals surface area contributed by atoms with Crippen LogP contribution in [0.25, 0.3) is 0 Å². The van der Waals surface area contributed by atoms with Crippen LogP contribution in [-0.4, -0.2) is 47.7 Å². The van der Waals surface area contributed by atoms with Gasteiger partial charge in [-0.05, 0) is 57.2 Å². The van der Waals surface area contributed by atoms with E-state index in [1.807, 2.05) is 19.1 Å². The van der Waals surface area contributed by atoms with Gasteiger partial charge in [-0.2, -0.15) is 0 Å². The summed E-state index contributed by atoms with van der Waals surface area (Å²) < 4.78 is 0. The maximum Gasteiger partial charge on any atom is 0.242 e. The minimum atomic E-state index is -0.545. The van der Waals surface area contributed by atoms with Crippen LogP contribution in [0.1, 0.15) is 50.7 Å². The highest BCUT2D eigenvalue weighted by Gasteiger charge is 2.40. The lowest BCUT2D eigenvalue weighted by Crippen LogP contribution is -2.43. The second kappa shape index (κ2) is 8.26. The Balaban J connectivity index is 1.96. The Morgan fingerprint density at radius 2 is 1.89 bits per heavy atom. The summed E-state index contributed by atoms with van der Waals surface area (Å²) >= 11 is 0. The number of nitrogens with two attached hydrogens (primary N) is 1. The Kier molecular flexibility index (Phi) is 6.00. The first-order valence-electron chi connectivity index (χ1n) is 9.97. The number of Topliss-reactive ketones (excluding diaryl/α,β-unsaturated/α-hetero) is 1. The largest absolute Gasteiger partial charge is 0.366 e. The van der Waals surface area contributed by atoms with Gasteiger partial charge in [0.1, 0.15) is 0 Å².